The normalized spacial score (nSPS) is 14.2. The zero-order valence-corrected chi connectivity index (χ0v) is 11.8. The fraction of sp³-hybridized carbons (Fsp3) is 0.500. The number of ether oxygens (including phenoxy) is 1. The van der Waals surface area contributed by atoms with E-state index in [-0.39, 0.29) is 6.61 Å². The molecular formula is C12H18ClNO3S. The molecule has 0 saturated heterocycles. The highest BCUT2D eigenvalue weighted by atomic mass is 35.5. The van der Waals surface area contributed by atoms with Crippen molar-refractivity contribution in [3.63, 3.8) is 0 Å². The molecule has 1 aromatic carbocycles. The number of aliphatic hydroxyl groups is 1. The molecule has 0 spiro atoms. The minimum absolute atomic E-state index is 0.212. The maximum atomic E-state index is 10.8. The molecule has 0 aromatic heterocycles. The van der Waals surface area contributed by atoms with Crippen molar-refractivity contribution >= 4 is 22.4 Å². The summed E-state index contributed by atoms with van der Waals surface area (Å²) < 4.78 is 16.2. The van der Waals surface area contributed by atoms with Crippen LogP contribution in [0, 0.1) is 0 Å². The summed E-state index contributed by atoms with van der Waals surface area (Å²) in [6.45, 7) is 1.26. The van der Waals surface area contributed by atoms with E-state index >= 15 is 0 Å². The van der Waals surface area contributed by atoms with E-state index in [1.807, 2.05) is 0 Å². The molecule has 2 N–H and O–H groups in total. The van der Waals surface area contributed by atoms with Gasteiger partial charge in [-0.25, -0.2) is 0 Å². The van der Waals surface area contributed by atoms with E-state index in [4.69, 9.17) is 16.3 Å². The first-order valence-corrected chi connectivity index (χ1v) is 7.75. The number of hydrogen-bond acceptors (Lipinski definition) is 4. The smallest absolute Gasteiger partial charge is 0.119 e. The topological polar surface area (TPSA) is 58.6 Å². The van der Waals surface area contributed by atoms with Crippen molar-refractivity contribution in [3.8, 4) is 5.75 Å². The van der Waals surface area contributed by atoms with Crippen LogP contribution in [0.25, 0.3) is 0 Å². The van der Waals surface area contributed by atoms with E-state index in [1.54, 1.807) is 30.5 Å². The van der Waals surface area contributed by atoms with Gasteiger partial charge < -0.3 is 15.2 Å². The predicted octanol–water partition coefficient (Wildman–Crippen LogP) is 1.05. The highest BCUT2D eigenvalue weighted by Gasteiger charge is 2.04. The molecule has 4 nitrogen and oxygen atoms in total. The summed E-state index contributed by atoms with van der Waals surface area (Å²) in [7, 11) is -0.804. The van der Waals surface area contributed by atoms with E-state index in [9.17, 15) is 9.32 Å². The molecule has 1 rings (SSSR count). The molecule has 0 bridgehead atoms. The van der Waals surface area contributed by atoms with Crippen molar-refractivity contribution in [2.24, 2.45) is 0 Å². The second kappa shape index (κ2) is 8.48. The Hall–Kier alpha value is -0.620. The van der Waals surface area contributed by atoms with E-state index in [0.717, 1.165) is 0 Å². The van der Waals surface area contributed by atoms with Gasteiger partial charge in [-0.3, -0.25) is 4.21 Å². The maximum absolute atomic E-state index is 10.8. The average Bonchev–Trinajstić information content (AvgIpc) is 2.34. The SMILES string of the molecule is CS(=O)CCNCC(O)COc1ccc(Cl)cc1. The third-order valence-electron chi connectivity index (χ3n) is 2.20. The molecular weight excluding hydrogens is 274 g/mol. The van der Waals surface area contributed by atoms with Crippen LogP contribution in [0.15, 0.2) is 24.3 Å². The lowest BCUT2D eigenvalue weighted by atomic mass is 10.3. The van der Waals surface area contributed by atoms with Gasteiger partial charge in [0.15, 0.2) is 0 Å². The molecule has 6 heteroatoms. The summed E-state index contributed by atoms with van der Waals surface area (Å²) in [4.78, 5) is 0. The van der Waals surface area contributed by atoms with Gasteiger partial charge in [-0.2, -0.15) is 0 Å². The molecule has 0 radical (unpaired) electrons. The summed E-state index contributed by atoms with van der Waals surface area (Å²) in [5.74, 6) is 1.26. The van der Waals surface area contributed by atoms with E-state index < -0.39 is 16.9 Å². The Morgan fingerprint density at radius 2 is 2.11 bits per heavy atom. The van der Waals surface area contributed by atoms with Crippen molar-refractivity contribution in [2.75, 3.05) is 31.7 Å². The molecule has 2 atom stereocenters. The number of rotatable bonds is 8. The number of halogens is 1. The van der Waals surface area contributed by atoms with Crippen molar-refractivity contribution in [3.05, 3.63) is 29.3 Å². The van der Waals surface area contributed by atoms with Crippen molar-refractivity contribution in [2.45, 2.75) is 6.10 Å². The van der Waals surface area contributed by atoms with Gasteiger partial charge in [0, 0.05) is 40.9 Å². The Balaban J connectivity index is 2.14. The first-order chi connectivity index (χ1) is 8.58. The number of nitrogens with one attached hydrogen (secondary N) is 1. The summed E-state index contributed by atoms with van der Waals surface area (Å²) in [5, 5.41) is 13.3. The molecule has 0 fully saturated rings. The lowest BCUT2D eigenvalue weighted by Crippen LogP contribution is -2.33. The van der Waals surface area contributed by atoms with Gasteiger partial charge in [0.1, 0.15) is 18.5 Å². The molecule has 0 heterocycles. The highest BCUT2D eigenvalue weighted by molar-refractivity contribution is 7.84. The molecule has 102 valence electrons. The molecule has 0 aliphatic carbocycles. The largest absolute Gasteiger partial charge is 0.491 e. The standard InChI is InChI=1S/C12H18ClNO3S/c1-18(16)7-6-14-8-11(15)9-17-12-4-2-10(13)3-5-12/h2-5,11,14-15H,6-9H2,1H3. The van der Waals surface area contributed by atoms with Crippen LogP contribution in [0.4, 0.5) is 0 Å². The van der Waals surface area contributed by atoms with Crippen LogP contribution in [-0.2, 0) is 10.8 Å². The van der Waals surface area contributed by atoms with Gasteiger partial charge in [-0.1, -0.05) is 11.6 Å². The van der Waals surface area contributed by atoms with E-state index in [0.29, 0.717) is 29.6 Å². The van der Waals surface area contributed by atoms with Crippen molar-refractivity contribution < 1.29 is 14.1 Å². The molecule has 2 unspecified atom stereocenters. The molecule has 0 aliphatic rings. The van der Waals surface area contributed by atoms with Gasteiger partial charge in [0.25, 0.3) is 0 Å². The van der Waals surface area contributed by atoms with Crippen LogP contribution in [0.1, 0.15) is 0 Å². The third kappa shape index (κ3) is 6.96. The monoisotopic (exact) mass is 291 g/mol. The quantitative estimate of drug-likeness (QED) is 0.703. The van der Waals surface area contributed by atoms with Gasteiger partial charge in [0.05, 0.1) is 0 Å². The molecule has 1 aromatic rings. The third-order valence-corrected chi connectivity index (χ3v) is 3.23. The molecule has 0 saturated carbocycles. The zero-order chi connectivity index (χ0) is 13.4. The minimum Gasteiger partial charge on any atom is -0.491 e. The lowest BCUT2D eigenvalue weighted by Gasteiger charge is -2.13. The number of benzene rings is 1. The second-order valence-corrected chi connectivity index (χ2v) is 5.89. The summed E-state index contributed by atoms with van der Waals surface area (Å²) in [6, 6.07) is 6.97. The van der Waals surface area contributed by atoms with Gasteiger partial charge in [-0.05, 0) is 24.3 Å². The first kappa shape index (κ1) is 15.4. The molecule has 0 aliphatic heterocycles. The van der Waals surface area contributed by atoms with Gasteiger partial charge in [-0.15, -0.1) is 0 Å². The molecule has 18 heavy (non-hydrogen) atoms. The van der Waals surface area contributed by atoms with Crippen LogP contribution in [-0.4, -0.2) is 47.1 Å². The predicted molar refractivity (Wildman–Crippen MR) is 74.8 cm³/mol. The summed E-state index contributed by atoms with van der Waals surface area (Å²) in [6.07, 6.45) is 1.06. The Morgan fingerprint density at radius 3 is 2.72 bits per heavy atom. The van der Waals surface area contributed by atoms with E-state index in [1.165, 1.54) is 0 Å². The van der Waals surface area contributed by atoms with Crippen LogP contribution in [0.5, 0.6) is 5.75 Å². The zero-order valence-electron chi connectivity index (χ0n) is 10.3. The number of hydrogen-bond donors (Lipinski definition) is 2. The lowest BCUT2D eigenvalue weighted by molar-refractivity contribution is 0.107. The first-order valence-electron chi connectivity index (χ1n) is 5.65. The van der Waals surface area contributed by atoms with Crippen LogP contribution < -0.4 is 10.1 Å². The maximum Gasteiger partial charge on any atom is 0.119 e. The Kier molecular flexibility index (Phi) is 7.27. The minimum atomic E-state index is -0.804. The van der Waals surface area contributed by atoms with E-state index in [2.05, 4.69) is 5.32 Å². The van der Waals surface area contributed by atoms with Crippen molar-refractivity contribution in [1.29, 1.82) is 0 Å². The Labute approximate surface area is 115 Å². The fourth-order valence-corrected chi connectivity index (χ4v) is 1.82. The Bertz CT molecular complexity index is 372. The van der Waals surface area contributed by atoms with Crippen molar-refractivity contribution in [1.82, 2.24) is 5.32 Å². The fourth-order valence-electron chi connectivity index (χ4n) is 1.27. The summed E-state index contributed by atoms with van der Waals surface area (Å²) >= 11 is 5.74. The van der Waals surface area contributed by atoms with Crippen LogP contribution in [0.3, 0.4) is 0 Å². The highest BCUT2D eigenvalue weighted by Crippen LogP contribution is 2.15. The van der Waals surface area contributed by atoms with Crippen LogP contribution in [0.2, 0.25) is 5.02 Å². The number of aliphatic hydroxyl groups excluding tert-OH is 1. The Morgan fingerprint density at radius 1 is 1.44 bits per heavy atom. The average molecular weight is 292 g/mol. The van der Waals surface area contributed by atoms with Crippen LogP contribution >= 0.6 is 11.6 Å². The van der Waals surface area contributed by atoms with Gasteiger partial charge in [0.2, 0.25) is 0 Å². The second-order valence-electron chi connectivity index (χ2n) is 3.90. The van der Waals surface area contributed by atoms with Gasteiger partial charge >= 0.3 is 0 Å². The summed E-state index contributed by atoms with van der Waals surface area (Å²) in [5.41, 5.74) is 0. The molecule has 0 amide bonds.